The average molecular weight is 402 g/mol. The number of aromatic hydroxyl groups is 2. The van der Waals surface area contributed by atoms with Crippen LogP contribution in [0.2, 0.25) is 0 Å². The fourth-order valence-electron chi connectivity index (χ4n) is 4.36. The number of anilines is 1. The van der Waals surface area contributed by atoms with E-state index in [1.807, 2.05) is 48.5 Å². The molecular weight excluding hydrogens is 374 g/mol. The molecule has 0 saturated carbocycles. The third kappa shape index (κ3) is 2.86. The number of nitrogens with one attached hydrogen (secondary N) is 1. The molecule has 3 N–H and O–H groups in total. The highest BCUT2D eigenvalue weighted by molar-refractivity contribution is 6.12. The van der Waals surface area contributed by atoms with E-state index >= 15 is 0 Å². The van der Waals surface area contributed by atoms with Crippen molar-refractivity contribution in [3.05, 3.63) is 88.5 Å². The first kappa shape index (κ1) is 20.0. The largest absolute Gasteiger partial charge is 0.508 e. The molecule has 1 aliphatic rings. The molecule has 4 heteroatoms. The van der Waals surface area contributed by atoms with Gasteiger partial charge in [-0.05, 0) is 41.2 Å². The molecule has 0 saturated heterocycles. The van der Waals surface area contributed by atoms with Crippen LogP contribution in [0.3, 0.4) is 0 Å². The predicted octanol–water partition coefficient (Wildman–Crippen LogP) is 5.63. The van der Waals surface area contributed by atoms with Crippen LogP contribution in [0.1, 0.15) is 67.3 Å². The van der Waals surface area contributed by atoms with Gasteiger partial charge in [-0.3, -0.25) is 4.79 Å². The third-order valence-electron chi connectivity index (χ3n) is 6.10. The van der Waals surface area contributed by atoms with E-state index in [1.165, 1.54) is 0 Å². The summed E-state index contributed by atoms with van der Waals surface area (Å²) in [6.45, 7) is 8.29. The summed E-state index contributed by atoms with van der Waals surface area (Å²) in [5.41, 5.74) is 3.05. The van der Waals surface area contributed by atoms with E-state index in [0.29, 0.717) is 16.8 Å². The molecule has 4 rings (SSSR count). The van der Waals surface area contributed by atoms with Gasteiger partial charge >= 0.3 is 0 Å². The molecule has 154 valence electrons. The maximum atomic E-state index is 13.7. The first-order valence-electron chi connectivity index (χ1n) is 10.3. The molecule has 1 amide bonds. The van der Waals surface area contributed by atoms with Crippen molar-refractivity contribution >= 4 is 11.6 Å². The van der Waals surface area contributed by atoms with Gasteiger partial charge in [0.15, 0.2) is 0 Å². The summed E-state index contributed by atoms with van der Waals surface area (Å²) in [7, 11) is 0. The van der Waals surface area contributed by atoms with Crippen LogP contribution in [-0.2, 0) is 10.2 Å². The number of fused-ring (bicyclic) bond motifs is 1. The number of phenolic OH excluding ortho intramolecular Hbond substituents is 2. The van der Waals surface area contributed by atoms with E-state index < -0.39 is 5.41 Å². The van der Waals surface area contributed by atoms with Crippen molar-refractivity contribution in [2.75, 3.05) is 5.32 Å². The summed E-state index contributed by atoms with van der Waals surface area (Å²) in [6.07, 6.45) is 0. The summed E-state index contributed by atoms with van der Waals surface area (Å²) >= 11 is 0. The second kappa shape index (κ2) is 7.21. The Morgan fingerprint density at radius 1 is 0.733 bits per heavy atom. The summed E-state index contributed by atoms with van der Waals surface area (Å²) < 4.78 is 0. The molecule has 3 aromatic carbocycles. The van der Waals surface area contributed by atoms with Crippen LogP contribution in [0.25, 0.3) is 0 Å². The van der Waals surface area contributed by atoms with Crippen LogP contribution >= 0.6 is 0 Å². The lowest BCUT2D eigenvalue weighted by atomic mass is 9.68. The number of para-hydroxylation sites is 1. The fourth-order valence-corrected chi connectivity index (χ4v) is 4.36. The first-order valence-corrected chi connectivity index (χ1v) is 10.3. The molecule has 0 unspecified atom stereocenters. The molecule has 30 heavy (non-hydrogen) atoms. The average Bonchev–Trinajstić information content (AvgIpc) is 3.00. The Morgan fingerprint density at radius 2 is 1.23 bits per heavy atom. The van der Waals surface area contributed by atoms with E-state index in [1.54, 1.807) is 12.1 Å². The van der Waals surface area contributed by atoms with Crippen LogP contribution in [-0.4, -0.2) is 16.1 Å². The van der Waals surface area contributed by atoms with Gasteiger partial charge in [0.25, 0.3) is 0 Å². The van der Waals surface area contributed by atoms with Crippen molar-refractivity contribution in [3.8, 4) is 11.5 Å². The van der Waals surface area contributed by atoms with E-state index in [0.717, 1.165) is 16.7 Å². The Kier molecular flexibility index (Phi) is 4.81. The molecule has 0 aliphatic carbocycles. The van der Waals surface area contributed by atoms with Crippen molar-refractivity contribution in [2.24, 2.45) is 0 Å². The smallest absolute Gasteiger partial charge is 0.244 e. The minimum absolute atomic E-state index is 0.0283. The second-order valence-corrected chi connectivity index (χ2v) is 8.61. The number of rotatable bonds is 4. The molecule has 4 nitrogen and oxygen atoms in total. The van der Waals surface area contributed by atoms with Gasteiger partial charge < -0.3 is 15.5 Å². The van der Waals surface area contributed by atoms with E-state index in [2.05, 4.69) is 33.0 Å². The molecule has 0 radical (unpaired) electrons. The van der Waals surface area contributed by atoms with Gasteiger partial charge in [0, 0.05) is 22.4 Å². The number of phenols is 2. The number of carbonyl (C=O) groups is 1. The Hall–Kier alpha value is -3.27. The van der Waals surface area contributed by atoms with E-state index in [-0.39, 0.29) is 29.2 Å². The Balaban J connectivity index is 2.14. The molecule has 0 bridgehead atoms. The second-order valence-electron chi connectivity index (χ2n) is 8.61. The van der Waals surface area contributed by atoms with Gasteiger partial charge in [-0.1, -0.05) is 70.2 Å². The topological polar surface area (TPSA) is 69.6 Å². The number of hydrogen-bond donors (Lipinski definition) is 3. The molecular formula is C26H27NO3. The standard InChI is InChI=1S/C26H27NO3/c1-15(2)17-9-11-23(28)20(13-17)26(19-7-5-6-8-22(19)27-25(26)30)21-14-18(16(3)4)10-12-24(21)29/h5-16,28-29H,1-4H3,(H,27,30). The monoisotopic (exact) mass is 401 g/mol. The van der Waals surface area contributed by atoms with Crippen LogP contribution in [0.4, 0.5) is 5.69 Å². The van der Waals surface area contributed by atoms with Crippen molar-refractivity contribution in [1.29, 1.82) is 0 Å². The van der Waals surface area contributed by atoms with Gasteiger partial charge in [0.05, 0.1) is 0 Å². The highest BCUT2D eigenvalue weighted by Crippen LogP contribution is 2.53. The Morgan fingerprint density at radius 3 is 1.73 bits per heavy atom. The molecule has 1 aliphatic heterocycles. The van der Waals surface area contributed by atoms with Crippen LogP contribution in [0.15, 0.2) is 60.7 Å². The molecule has 0 fully saturated rings. The van der Waals surface area contributed by atoms with Crippen LogP contribution < -0.4 is 5.32 Å². The van der Waals surface area contributed by atoms with Gasteiger partial charge in [0.2, 0.25) is 5.91 Å². The molecule has 0 aromatic heterocycles. The highest BCUT2D eigenvalue weighted by Gasteiger charge is 2.52. The zero-order chi connectivity index (χ0) is 21.6. The Labute approximate surface area is 177 Å². The van der Waals surface area contributed by atoms with Crippen molar-refractivity contribution in [2.45, 2.75) is 44.9 Å². The molecule has 3 aromatic rings. The van der Waals surface area contributed by atoms with Crippen LogP contribution in [0.5, 0.6) is 11.5 Å². The van der Waals surface area contributed by atoms with Crippen molar-refractivity contribution in [1.82, 2.24) is 0 Å². The number of amides is 1. The highest BCUT2D eigenvalue weighted by atomic mass is 16.3. The zero-order valence-corrected chi connectivity index (χ0v) is 17.7. The van der Waals surface area contributed by atoms with E-state index in [9.17, 15) is 15.0 Å². The number of benzene rings is 3. The summed E-state index contributed by atoms with van der Waals surface area (Å²) in [5.74, 6) is 0.214. The maximum Gasteiger partial charge on any atom is 0.244 e. The summed E-state index contributed by atoms with van der Waals surface area (Å²) in [5, 5.41) is 24.9. The quantitative estimate of drug-likeness (QED) is 0.530. The van der Waals surface area contributed by atoms with Crippen molar-refractivity contribution < 1.29 is 15.0 Å². The number of hydrogen-bond acceptors (Lipinski definition) is 3. The maximum absolute atomic E-state index is 13.7. The summed E-state index contributed by atoms with van der Waals surface area (Å²) in [6, 6.07) is 18.3. The predicted molar refractivity (Wildman–Crippen MR) is 119 cm³/mol. The lowest BCUT2D eigenvalue weighted by Crippen LogP contribution is -2.37. The lowest BCUT2D eigenvalue weighted by Gasteiger charge is -2.31. The summed E-state index contributed by atoms with van der Waals surface area (Å²) in [4.78, 5) is 13.7. The van der Waals surface area contributed by atoms with E-state index in [4.69, 9.17) is 0 Å². The minimum atomic E-state index is -1.35. The normalized spacial score (nSPS) is 14.8. The molecule has 0 atom stereocenters. The number of carbonyl (C=O) groups excluding carboxylic acids is 1. The van der Waals surface area contributed by atoms with Gasteiger partial charge in [-0.25, -0.2) is 0 Å². The molecule has 0 spiro atoms. The zero-order valence-electron chi connectivity index (χ0n) is 17.7. The molecule has 1 heterocycles. The van der Waals surface area contributed by atoms with Crippen molar-refractivity contribution in [3.63, 3.8) is 0 Å². The van der Waals surface area contributed by atoms with Gasteiger partial charge in [-0.2, -0.15) is 0 Å². The van der Waals surface area contributed by atoms with Crippen LogP contribution in [0, 0.1) is 0 Å². The minimum Gasteiger partial charge on any atom is -0.508 e. The first-order chi connectivity index (χ1) is 14.3. The van der Waals surface area contributed by atoms with Gasteiger partial charge in [-0.15, -0.1) is 0 Å². The van der Waals surface area contributed by atoms with Gasteiger partial charge in [0.1, 0.15) is 16.9 Å². The third-order valence-corrected chi connectivity index (χ3v) is 6.10. The SMILES string of the molecule is CC(C)c1ccc(O)c(C2(c3cc(C(C)C)ccc3O)C(=O)Nc3ccccc32)c1. The lowest BCUT2D eigenvalue weighted by molar-refractivity contribution is -0.118. The Bertz CT molecular complexity index is 1070. The fraction of sp³-hybridized carbons (Fsp3) is 0.269.